The van der Waals surface area contributed by atoms with E-state index in [1.54, 1.807) is 7.11 Å². The maximum Gasteiger partial charge on any atom is 0.120 e. The molecule has 0 bridgehead atoms. The van der Waals surface area contributed by atoms with Gasteiger partial charge in [0, 0.05) is 11.8 Å². The predicted molar refractivity (Wildman–Crippen MR) is 65.0 cm³/mol. The second kappa shape index (κ2) is 6.09. The van der Waals surface area contributed by atoms with Crippen molar-refractivity contribution in [1.29, 1.82) is 0 Å². The smallest absolute Gasteiger partial charge is 0.120 e. The van der Waals surface area contributed by atoms with Crippen LogP contribution in [0.2, 0.25) is 0 Å². The minimum Gasteiger partial charge on any atom is -0.497 e. The van der Waals surface area contributed by atoms with Crippen molar-refractivity contribution in [3.8, 4) is 5.75 Å². The summed E-state index contributed by atoms with van der Waals surface area (Å²) in [6.45, 7) is 0.979. The minimum atomic E-state index is 0.745. The lowest BCUT2D eigenvalue weighted by Crippen LogP contribution is -2.05. The topological polar surface area (TPSA) is 47.3 Å². The number of nitrogens with two attached hydrogens (primary N) is 1. The van der Waals surface area contributed by atoms with Crippen molar-refractivity contribution in [2.75, 3.05) is 26.4 Å². The Morgan fingerprint density at radius 1 is 1.47 bits per heavy atom. The molecule has 0 saturated heterocycles. The Balaban J connectivity index is 2.65. The van der Waals surface area contributed by atoms with Crippen LogP contribution in [0.25, 0.3) is 6.08 Å². The fraction of sp³-hybridized carbons (Fsp3) is 0.333. The third-order valence-corrected chi connectivity index (χ3v) is 2.15. The molecule has 0 spiro atoms. The molecule has 1 rings (SSSR count). The van der Waals surface area contributed by atoms with Gasteiger partial charge in [0.25, 0.3) is 0 Å². The first kappa shape index (κ1) is 11.6. The number of hydrogen-bond donors (Lipinski definition) is 2. The SMILES string of the molecule is CNCCC=Cc1ccc(OC)cc1N. The Labute approximate surface area is 90.9 Å². The molecule has 1 aromatic carbocycles. The van der Waals surface area contributed by atoms with Gasteiger partial charge in [-0.15, -0.1) is 0 Å². The predicted octanol–water partition coefficient (Wildman–Crippen LogP) is 1.90. The van der Waals surface area contributed by atoms with Gasteiger partial charge >= 0.3 is 0 Å². The molecule has 0 heterocycles. The van der Waals surface area contributed by atoms with Crippen molar-refractivity contribution in [3.05, 3.63) is 29.8 Å². The molecule has 0 radical (unpaired) electrons. The van der Waals surface area contributed by atoms with E-state index in [1.807, 2.05) is 31.3 Å². The third-order valence-electron chi connectivity index (χ3n) is 2.15. The summed E-state index contributed by atoms with van der Waals surface area (Å²) in [7, 11) is 3.58. The van der Waals surface area contributed by atoms with Crippen LogP contribution in [-0.4, -0.2) is 20.7 Å². The van der Waals surface area contributed by atoms with Gasteiger partial charge in [-0.3, -0.25) is 0 Å². The normalized spacial score (nSPS) is 10.8. The average molecular weight is 206 g/mol. The van der Waals surface area contributed by atoms with Crippen molar-refractivity contribution in [2.24, 2.45) is 0 Å². The lowest BCUT2D eigenvalue weighted by molar-refractivity contribution is 0.415. The summed E-state index contributed by atoms with van der Waals surface area (Å²) in [6.07, 6.45) is 5.14. The Bertz CT molecular complexity index is 334. The van der Waals surface area contributed by atoms with Crippen molar-refractivity contribution in [3.63, 3.8) is 0 Å². The van der Waals surface area contributed by atoms with Crippen LogP contribution in [-0.2, 0) is 0 Å². The number of hydrogen-bond acceptors (Lipinski definition) is 3. The molecule has 0 aromatic heterocycles. The second-order valence-electron chi connectivity index (χ2n) is 3.29. The molecule has 3 nitrogen and oxygen atoms in total. The maximum atomic E-state index is 5.86. The molecule has 0 fully saturated rings. The van der Waals surface area contributed by atoms with Gasteiger partial charge in [-0.2, -0.15) is 0 Å². The molecule has 3 N–H and O–H groups in total. The highest BCUT2D eigenvalue weighted by Crippen LogP contribution is 2.20. The van der Waals surface area contributed by atoms with E-state index in [2.05, 4.69) is 11.4 Å². The van der Waals surface area contributed by atoms with Crippen LogP contribution in [0.4, 0.5) is 5.69 Å². The number of methoxy groups -OCH3 is 1. The zero-order valence-electron chi connectivity index (χ0n) is 9.29. The van der Waals surface area contributed by atoms with Gasteiger partial charge in [0.1, 0.15) is 5.75 Å². The Morgan fingerprint density at radius 3 is 2.87 bits per heavy atom. The second-order valence-corrected chi connectivity index (χ2v) is 3.29. The van der Waals surface area contributed by atoms with E-state index in [9.17, 15) is 0 Å². The van der Waals surface area contributed by atoms with Gasteiger partial charge in [-0.1, -0.05) is 12.2 Å². The molecule has 15 heavy (non-hydrogen) atoms. The molecular formula is C12H18N2O. The van der Waals surface area contributed by atoms with E-state index in [-0.39, 0.29) is 0 Å². The van der Waals surface area contributed by atoms with E-state index >= 15 is 0 Å². The Hall–Kier alpha value is -1.48. The van der Waals surface area contributed by atoms with E-state index in [1.165, 1.54) is 0 Å². The first-order valence-corrected chi connectivity index (χ1v) is 5.02. The lowest BCUT2D eigenvalue weighted by Gasteiger charge is -2.03. The summed E-state index contributed by atoms with van der Waals surface area (Å²) in [4.78, 5) is 0. The summed E-state index contributed by atoms with van der Waals surface area (Å²) in [5.41, 5.74) is 7.64. The van der Waals surface area contributed by atoms with Crippen LogP contribution in [0.15, 0.2) is 24.3 Å². The zero-order chi connectivity index (χ0) is 11.1. The van der Waals surface area contributed by atoms with Crippen molar-refractivity contribution >= 4 is 11.8 Å². The monoisotopic (exact) mass is 206 g/mol. The van der Waals surface area contributed by atoms with Gasteiger partial charge < -0.3 is 15.8 Å². The van der Waals surface area contributed by atoms with Crippen LogP contribution in [0, 0.1) is 0 Å². The molecule has 0 aliphatic carbocycles. The molecule has 0 saturated carbocycles. The van der Waals surface area contributed by atoms with Gasteiger partial charge in [0.05, 0.1) is 7.11 Å². The zero-order valence-corrected chi connectivity index (χ0v) is 9.29. The van der Waals surface area contributed by atoms with E-state index in [4.69, 9.17) is 10.5 Å². The van der Waals surface area contributed by atoms with Gasteiger partial charge in [0.2, 0.25) is 0 Å². The van der Waals surface area contributed by atoms with Crippen molar-refractivity contribution in [1.82, 2.24) is 5.32 Å². The molecule has 1 aromatic rings. The van der Waals surface area contributed by atoms with Gasteiger partial charge in [-0.05, 0) is 37.7 Å². The molecule has 0 aliphatic rings. The highest BCUT2D eigenvalue weighted by molar-refractivity contribution is 5.66. The standard InChI is InChI=1S/C12H18N2O/c1-14-8-4-3-5-10-6-7-11(15-2)9-12(10)13/h3,5-7,9,14H,4,8,13H2,1-2H3. The van der Waals surface area contributed by atoms with Crippen molar-refractivity contribution < 1.29 is 4.74 Å². The summed E-state index contributed by atoms with van der Waals surface area (Å²) in [6, 6.07) is 5.70. The number of anilines is 1. The van der Waals surface area contributed by atoms with Gasteiger partial charge in [0.15, 0.2) is 0 Å². The van der Waals surface area contributed by atoms with Crippen LogP contribution in [0.5, 0.6) is 5.75 Å². The fourth-order valence-electron chi connectivity index (χ4n) is 1.27. The largest absolute Gasteiger partial charge is 0.497 e. The number of ether oxygens (including phenoxy) is 1. The number of rotatable bonds is 5. The molecule has 0 atom stereocenters. The number of nitrogens with one attached hydrogen (secondary N) is 1. The quantitative estimate of drug-likeness (QED) is 0.571. The van der Waals surface area contributed by atoms with Crippen molar-refractivity contribution in [2.45, 2.75) is 6.42 Å². The molecular weight excluding hydrogens is 188 g/mol. The van der Waals surface area contributed by atoms with Crippen LogP contribution >= 0.6 is 0 Å². The van der Waals surface area contributed by atoms with Crippen LogP contribution < -0.4 is 15.8 Å². The van der Waals surface area contributed by atoms with Crippen LogP contribution in [0.3, 0.4) is 0 Å². The summed E-state index contributed by atoms with van der Waals surface area (Å²) < 4.78 is 5.08. The Morgan fingerprint density at radius 2 is 2.27 bits per heavy atom. The summed E-state index contributed by atoms with van der Waals surface area (Å²) in [5.74, 6) is 0.792. The maximum absolute atomic E-state index is 5.86. The lowest BCUT2D eigenvalue weighted by atomic mass is 10.1. The molecule has 0 amide bonds. The van der Waals surface area contributed by atoms with E-state index < -0.39 is 0 Å². The molecule has 82 valence electrons. The fourth-order valence-corrected chi connectivity index (χ4v) is 1.27. The highest BCUT2D eigenvalue weighted by atomic mass is 16.5. The van der Waals surface area contributed by atoms with E-state index in [0.29, 0.717) is 0 Å². The van der Waals surface area contributed by atoms with E-state index in [0.717, 1.165) is 30.0 Å². The summed E-state index contributed by atoms with van der Waals surface area (Å²) >= 11 is 0. The van der Waals surface area contributed by atoms with Gasteiger partial charge in [-0.25, -0.2) is 0 Å². The summed E-state index contributed by atoms with van der Waals surface area (Å²) in [5, 5.41) is 3.08. The third kappa shape index (κ3) is 3.64. The Kier molecular flexibility index (Phi) is 4.71. The molecule has 0 aliphatic heterocycles. The minimum absolute atomic E-state index is 0.745. The average Bonchev–Trinajstić information content (AvgIpc) is 2.26. The number of nitrogen functional groups attached to an aromatic ring is 1. The highest BCUT2D eigenvalue weighted by Gasteiger charge is 1.96. The first-order chi connectivity index (χ1) is 7.27. The molecule has 0 unspecified atom stereocenters. The first-order valence-electron chi connectivity index (χ1n) is 5.02. The number of benzene rings is 1. The van der Waals surface area contributed by atoms with Crippen LogP contribution in [0.1, 0.15) is 12.0 Å². The molecule has 3 heteroatoms.